The van der Waals surface area contributed by atoms with Crippen LogP contribution in [-0.4, -0.2) is 35.8 Å². The van der Waals surface area contributed by atoms with Crippen LogP contribution < -0.4 is 0 Å². The maximum absolute atomic E-state index is 14.3. The number of benzene rings is 4. The Kier molecular flexibility index (Phi) is 15.1. The molecule has 373 valence electrons. The molecule has 29 heteroatoms. The molecule has 0 N–H and O–H groups in total. The quantitative estimate of drug-likeness (QED) is 0.0461. The van der Waals surface area contributed by atoms with Crippen molar-refractivity contribution in [1.82, 2.24) is 0 Å². The Morgan fingerprint density at radius 1 is 0.391 bits per heavy atom. The number of ketones is 2. The first kappa shape index (κ1) is 54.9. The maximum atomic E-state index is 14.3. The van der Waals surface area contributed by atoms with Gasteiger partial charge in [0.1, 0.15) is 0 Å². The van der Waals surface area contributed by atoms with Crippen molar-refractivity contribution in [2.45, 2.75) is 48.9 Å². The van der Waals surface area contributed by atoms with Gasteiger partial charge in [0.25, 0.3) is 0 Å². The van der Waals surface area contributed by atoms with Crippen molar-refractivity contribution in [1.29, 1.82) is 10.5 Å². The van der Waals surface area contributed by atoms with Gasteiger partial charge < -0.3 is 0 Å². The van der Waals surface area contributed by atoms with Gasteiger partial charge in [0.05, 0.1) is 0 Å². The standard InChI is InChI=1S/2C20H8F11NO2.Cu/c2*21-17(22,20(29,30)31)16(34)14(8-32)15(33)10-3-1-9(2-4-10)11-5-12(18(23,24)25)7-13(6-11)19(26,27)28;/h2*1-7,33H;/q;;+2/p-2/b2*15-14-;. The van der Waals surface area contributed by atoms with Gasteiger partial charge in [0.15, 0.2) is 0 Å². The molecule has 0 aliphatic heterocycles. The first-order valence-electron chi connectivity index (χ1n) is 17.3. The SMILES string of the molecule is N#C/C(C(=O)C(F)(F)C(F)(F)F)=C(/[O][Cu][O]/C(=C(/C#N)C(=O)C(F)(F)C(F)(F)F)c1ccc(-c2cc(C(F)(F)F)cc(C(F)(F)F)c2)cc1)c1ccc(-c2cc(C(F)(F)F)cc(C(F)(F)F)c2)cc1. The Morgan fingerprint density at radius 2 is 0.638 bits per heavy atom. The minimum atomic E-state index is -6.81. The molecule has 6 nitrogen and oxygen atoms in total. The van der Waals surface area contributed by atoms with Gasteiger partial charge in [-0.2, -0.15) is 0 Å². The number of rotatable bonds is 12. The number of carbonyl (C=O) groups is 2. The van der Waals surface area contributed by atoms with Crippen LogP contribution in [0, 0.1) is 22.7 Å². The third-order valence-corrected chi connectivity index (χ3v) is 9.27. The molecule has 4 aromatic rings. The van der Waals surface area contributed by atoms with E-state index >= 15 is 0 Å². The summed E-state index contributed by atoms with van der Waals surface area (Å²) in [6.45, 7) is 0. The van der Waals surface area contributed by atoms with E-state index in [1.165, 1.54) is 0 Å². The molecule has 4 rings (SSSR count). The van der Waals surface area contributed by atoms with Crippen LogP contribution in [0.25, 0.3) is 33.8 Å². The monoisotopic (exact) mass is 1070 g/mol. The van der Waals surface area contributed by atoms with Crippen LogP contribution in [-0.2, 0) is 57.5 Å². The molecule has 0 fully saturated rings. The van der Waals surface area contributed by atoms with Gasteiger partial charge in [0.2, 0.25) is 0 Å². The number of hydrogen-bond donors (Lipinski definition) is 0. The fraction of sp³-hybridized carbons (Fsp3) is 0.200. The molecule has 0 unspecified atom stereocenters. The molecule has 0 spiro atoms. The minimum absolute atomic E-state index is 0.158. The number of carbonyl (C=O) groups excluding carboxylic acids is 2. The predicted octanol–water partition coefficient (Wildman–Crippen LogP) is 13.7. The zero-order valence-corrected chi connectivity index (χ0v) is 33.2. The fourth-order valence-electron chi connectivity index (χ4n) is 5.34. The Hall–Kier alpha value is -6.74. The van der Waals surface area contributed by atoms with E-state index in [1.54, 1.807) is 0 Å². The average molecular weight is 1070 g/mol. The molecular formula is C40H14CuF22N2O4. The van der Waals surface area contributed by atoms with Gasteiger partial charge >= 0.3 is 376 Å². The Morgan fingerprint density at radius 3 is 0.841 bits per heavy atom. The van der Waals surface area contributed by atoms with E-state index in [2.05, 4.69) is 0 Å². The Labute approximate surface area is 375 Å². The molecule has 0 aromatic heterocycles. The van der Waals surface area contributed by atoms with Crippen LogP contribution in [0.3, 0.4) is 0 Å². The van der Waals surface area contributed by atoms with Crippen LogP contribution >= 0.6 is 0 Å². The van der Waals surface area contributed by atoms with E-state index < -0.39 is 154 Å². The molecule has 0 radical (unpaired) electrons. The normalized spacial score (nSPS) is 14.0. The summed E-state index contributed by atoms with van der Waals surface area (Å²) >= 11 is -0.909. The molecule has 0 aliphatic rings. The van der Waals surface area contributed by atoms with Gasteiger partial charge in [-0.15, -0.1) is 0 Å². The number of halogens is 22. The number of hydrogen-bond acceptors (Lipinski definition) is 6. The van der Waals surface area contributed by atoms with Gasteiger partial charge in [-0.05, 0) is 0 Å². The van der Waals surface area contributed by atoms with Crippen LogP contribution in [0.15, 0.2) is 96.1 Å². The zero-order valence-electron chi connectivity index (χ0n) is 32.2. The summed E-state index contributed by atoms with van der Waals surface area (Å²) in [5.74, 6) is -23.6. The number of nitrogens with zero attached hydrogens (tertiary/aromatic N) is 2. The van der Waals surface area contributed by atoms with Gasteiger partial charge in [0, 0.05) is 0 Å². The summed E-state index contributed by atoms with van der Waals surface area (Å²) in [4.78, 5) is 25.1. The van der Waals surface area contributed by atoms with Crippen molar-refractivity contribution >= 4 is 23.1 Å². The van der Waals surface area contributed by atoms with Gasteiger partial charge in [-0.3, -0.25) is 0 Å². The summed E-state index contributed by atoms with van der Waals surface area (Å²) in [5, 5.41) is 19.2. The number of allylic oxidation sites excluding steroid dienone is 2. The molecule has 69 heavy (non-hydrogen) atoms. The average Bonchev–Trinajstić information content (AvgIpc) is 3.23. The van der Waals surface area contributed by atoms with Crippen molar-refractivity contribution in [2.24, 2.45) is 0 Å². The van der Waals surface area contributed by atoms with Crippen LogP contribution in [0.1, 0.15) is 33.4 Å². The van der Waals surface area contributed by atoms with E-state index in [9.17, 15) is 117 Å². The zero-order chi connectivity index (χ0) is 52.7. The van der Waals surface area contributed by atoms with E-state index in [1.807, 2.05) is 0 Å². The van der Waals surface area contributed by atoms with Crippen LogP contribution in [0.4, 0.5) is 96.6 Å². The van der Waals surface area contributed by atoms with E-state index in [4.69, 9.17) is 7.64 Å². The molecule has 0 heterocycles. The summed E-state index contributed by atoms with van der Waals surface area (Å²) in [7, 11) is 0. The molecule has 0 amide bonds. The van der Waals surface area contributed by atoms with Gasteiger partial charge in [-0.25, -0.2) is 0 Å². The van der Waals surface area contributed by atoms with E-state index in [-0.39, 0.29) is 36.4 Å². The molecule has 0 saturated heterocycles. The molecule has 0 aliphatic carbocycles. The van der Waals surface area contributed by atoms with Crippen molar-refractivity contribution in [2.75, 3.05) is 0 Å². The third-order valence-electron chi connectivity index (χ3n) is 8.72. The van der Waals surface area contributed by atoms with Crippen LogP contribution in [0.2, 0.25) is 0 Å². The second kappa shape index (κ2) is 19.0. The summed E-state index contributed by atoms with van der Waals surface area (Å²) < 4.78 is 309. The predicted molar refractivity (Wildman–Crippen MR) is 183 cm³/mol. The molecular weight excluding hydrogens is 1050 g/mol. The third kappa shape index (κ3) is 12.1. The molecule has 4 aromatic carbocycles. The Balaban J connectivity index is 1.93. The first-order chi connectivity index (χ1) is 31.3. The first-order valence-corrected chi connectivity index (χ1v) is 18.0. The van der Waals surface area contributed by atoms with Crippen molar-refractivity contribution in [3.05, 3.63) is 129 Å². The second-order valence-corrected chi connectivity index (χ2v) is 13.9. The number of alkyl halides is 22. The summed E-state index contributed by atoms with van der Waals surface area (Å²) in [6, 6.07) is 4.88. The summed E-state index contributed by atoms with van der Waals surface area (Å²) in [6.07, 6.45) is -35.3. The number of Topliss-reactive ketones (excluding diaryl/α,β-unsaturated/α-hetero) is 2. The fourth-order valence-corrected chi connectivity index (χ4v) is 5.95. The molecule has 0 saturated carbocycles. The molecule has 0 atom stereocenters. The van der Waals surface area contributed by atoms with Crippen molar-refractivity contribution in [3.8, 4) is 34.4 Å². The van der Waals surface area contributed by atoms with Crippen molar-refractivity contribution < 1.29 is 129 Å². The van der Waals surface area contributed by atoms with E-state index in [0.717, 1.165) is 0 Å². The van der Waals surface area contributed by atoms with Crippen LogP contribution in [0.5, 0.6) is 0 Å². The number of nitriles is 2. The topological polar surface area (TPSA) is 100 Å². The summed E-state index contributed by atoms with van der Waals surface area (Å²) in [5.41, 5.74) is -17.5. The molecule has 0 bridgehead atoms. The Bertz CT molecular complexity index is 2510. The van der Waals surface area contributed by atoms with Gasteiger partial charge in [-0.1, -0.05) is 0 Å². The van der Waals surface area contributed by atoms with E-state index in [0.29, 0.717) is 60.7 Å². The van der Waals surface area contributed by atoms with Crippen molar-refractivity contribution in [3.63, 3.8) is 0 Å². The second-order valence-electron chi connectivity index (χ2n) is 13.4.